The maximum Gasteiger partial charge on any atom is 0.197 e. The van der Waals surface area contributed by atoms with E-state index < -0.39 is 0 Å². The van der Waals surface area contributed by atoms with E-state index in [0.29, 0.717) is 0 Å². The minimum absolute atomic E-state index is 0.0767. The molecule has 0 fully saturated rings. The van der Waals surface area contributed by atoms with Gasteiger partial charge in [-0.25, -0.2) is 0 Å². The molecule has 2 N–H and O–H groups in total. The van der Waals surface area contributed by atoms with Crippen LogP contribution in [0.3, 0.4) is 0 Å². The van der Waals surface area contributed by atoms with Gasteiger partial charge < -0.3 is 10.3 Å². The molecule has 0 saturated carbocycles. The largest absolute Gasteiger partial charge is 0.355 e. The first-order chi connectivity index (χ1) is 11.7. The van der Waals surface area contributed by atoms with Crippen molar-refractivity contribution in [2.75, 3.05) is 5.32 Å². The Kier molecular flexibility index (Phi) is 2.97. The van der Waals surface area contributed by atoms with Crippen LogP contribution in [0.4, 0.5) is 11.4 Å². The molecule has 116 valence electrons. The normalized spacial score (nSPS) is 15.8. The summed E-state index contributed by atoms with van der Waals surface area (Å²) in [5.74, 6) is 0. The Hall–Kier alpha value is -2.34. The molecule has 1 aliphatic heterocycles. The summed E-state index contributed by atoms with van der Waals surface area (Å²) in [6.45, 7) is 0. The summed E-state index contributed by atoms with van der Waals surface area (Å²) in [7, 11) is 0. The van der Waals surface area contributed by atoms with E-state index in [1.54, 1.807) is 0 Å². The summed E-state index contributed by atoms with van der Waals surface area (Å²) in [5.41, 5.74) is 6.44. The van der Waals surface area contributed by atoms with Crippen molar-refractivity contribution in [2.45, 2.75) is 3.92 Å². The average molecular weight is 424 g/mol. The Bertz CT molecular complexity index is 1180. The Balaban J connectivity index is 1.84. The highest BCUT2D eigenvalue weighted by Gasteiger charge is 2.24. The van der Waals surface area contributed by atoms with Gasteiger partial charge in [-0.3, -0.25) is 4.79 Å². The number of benzene rings is 3. The van der Waals surface area contributed by atoms with E-state index in [-0.39, 0.29) is 9.35 Å². The van der Waals surface area contributed by atoms with Crippen LogP contribution in [-0.4, -0.2) is 4.98 Å². The number of nitrogens with one attached hydrogen (secondary N) is 2. The number of rotatable bonds is 0. The molecule has 0 spiro atoms. The molecule has 24 heavy (non-hydrogen) atoms. The summed E-state index contributed by atoms with van der Waals surface area (Å²) < 4.78 is 0.259. The van der Waals surface area contributed by atoms with Gasteiger partial charge in [-0.1, -0.05) is 52.9 Å². The van der Waals surface area contributed by atoms with Crippen LogP contribution in [0.25, 0.3) is 21.8 Å². The van der Waals surface area contributed by atoms with Crippen LogP contribution in [0.1, 0.15) is 15.1 Å². The van der Waals surface area contributed by atoms with Gasteiger partial charge in [0.05, 0.1) is 9.44 Å². The molecule has 0 aliphatic carbocycles. The highest BCUT2D eigenvalue weighted by atomic mass is 127. The van der Waals surface area contributed by atoms with Crippen molar-refractivity contribution in [3.05, 3.63) is 82.0 Å². The van der Waals surface area contributed by atoms with Crippen LogP contribution in [0.15, 0.2) is 65.5 Å². The minimum atomic E-state index is 0.0767. The fourth-order valence-electron chi connectivity index (χ4n) is 3.45. The fourth-order valence-corrected chi connectivity index (χ4v) is 4.51. The molecule has 0 bridgehead atoms. The molecule has 2 heterocycles. The van der Waals surface area contributed by atoms with E-state index in [0.717, 1.165) is 33.2 Å². The van der Waals surface area contributed by atoms with E-state index in [4.69, 9.17) is 0 Å². The predicted molar refractivity (Wildman–Crippen MR) is 108 cm³/mol. The molecule has 4 aromatic rings. The number of hydrogen-bond acceptors (Lipinski definition) is 2. The summed E-state index contributed by atoms with van der Waals surface area (Å²) >= 11 is 2.47. The third-order valence-electron chi connectivity index (χ3n) is 4.65. The smallest absolute Gasteiger partial charge is 0.197 e. The zero-order valence-electron chi connectivity index (χ0n) is 12.6. The highest BCUT2D eigenvalue weighted by Crippen LogP contribution is 2.45. The molecular formula is C20H13IN2O. The van der Waals surface area contributed by atoms with Gasteiger partial charge in [-0.15, -0.1) is 0 Å². The topological polar surface area (TPSA) is 44.9 Å². The number of hydrogen-bond donors (Lipinski definition) is 2. The van der Waals surface area contributed by atoms with Crippen molar-refractivity contribution in [1.29, 1.82) is 0 Å². The standard InChI is InChI=1S/C20H13IN2O/c21-19-11-5-1-3-7-15(11)22-17-10-14-18(9-13(17)19)23-16-8-4-2-6-12(16)20(14)24/h1-10,19,22H,(H,23,24). The molecular weight excluding hydrogens is 411 g/mol. The number of alkyl halides is 1. The number of aromatic amines is 1. The first kappa shape index (κ1) is 14.0. The van der Waals surface area contributed by atoms with Crippen LogP contribution in [-0.2, 0) is 0 Å². The molecule has 1 aliphatic rings. The third-order valence-corrected chi connectivity index (χ3v) is 5.99. The first-order valence-electron chi connectivity index (χ1n) is 7.81. The summed E-state index contributed by atoms with van der Waals surface area (Å²) in [5, 5.41) is 4.93. The second-order valence-electron chi connectivity index (χ2n) is 6.06. The Morgan fingerprint density at radius 1 is 0.792 bits per heavy atom. The first-order valence-corrected chi connectivity index (χ1v) is 9.05. The van der Waals surface area contributed by atoms with Crippen molar-refractivity contribution >= 4 is 55.8 Å². The molecule has 1 atom stereocenters. The number of halogens is 1. The van der Waals surface area contributed by atoms with Gasteiger partial charge in [0.1, 0.15) is 0 Å². The van der Waals surface area contributed by atoms with Crippen LogP contribution in [0, 0.1) is 0 Å². The monoisotopic (exact) mass is 424 g/mol. The lowest BCUT2D eigenvalue weighted by molar-refractivity contribution is 1.17. The van der Waals surface area contributed by atoms with Gasteiger partial charge in [-0.2, -0.15) is 0 Å². The van der Waals surface area contributed by atoms with Gasteiger partial charge in [-0.05, 0) is 41.5 Å². The number of fused-ring (bicyclic) bond motifs is 4. The summed E-state index contributed by atoms with van der Waals surface area (Å²) in [6, 6.07) is 20.1. The molecule has 1 unspecified atom stereocenters. The minimum Gasteiger partial charge on any atom is -0.355 e. The van der Waals surface area contributed by atoms with Crippen molar-refractivity contribution in [3.8, 4) is 0 Å². The van der Waals surface area contributed by atoms with Crippen molar-refractivity contribution in [2.24, 2.45) is 0 Å². The Morgan fingerprint density at radius 3 is 2.50 bits per heavy atom. The molecule has 0 saturated heterocycles. The average Bonchev–Trinajstić information content (AvgIpc) is 2.62. The zero-order chi connectivity index (χ0) is 16.3. The van der Waals surface area contributed by atoms with Gasteiger partial charge in [0.2, 0.25) is 0 Å². The number of H-pyrrole nitrogens is 1. The number of anilines is 2. The fraction of sp³-hybridized carbons (Fsp3) is 0.0500. The molecule has 0 radical (unpaired) electrons. The third kappa shape index (κ3) is 1.92. The van der Waals surface area contributed by atoms with Gasteiger partial charge in [0, 0.05) is 27.7 Å². The second kappa shape index (κ2) is 5.08. The zero-order valence-corrected chi connectivity index (χ0v) is 14.8. The van der Waals surface area contributed by atoms with Gasteiger partial charge in [0.25, 0.3) is 0 Å². The quantitative estimate of drug-likeness (QED) is 0.230. The van der Waals surface area contributed by atoms with E-state index in [9.17, 15) is 4.79 Å². The SMILES string of the molecule is O=c1c2ccccc2[nH]c2cc3c(cc12)Nc1ccccc1C3I. The van der Waals surface area contributed by atoms with Gasteiger partial charge in [0.15, 0.2) is 5.43 Å². The predicted octanol–water partition coefficient (Wildman–Crippen LogP) is 5.26. The maximum atomic E-state index is 12.9. The second-order valence-corrected chi connectivity index (χ2v) is 7.31. The van der Waals surface area contributed by atoms with Crippen LogP contribution in [0.5, 0.6) is 0 Å². The van der Waals surface area contributed by atoms with Crippen LogP contribution < -0.4 is 10.7 Å². The van der Waals surface area contributed by atoms with Crippen molar-refractivity contribution < 1.29 is 0 Å². The van der Waals surface area contributed by atoms with Gasteiger partial charge >= 0.3 is 0 Å². The van der Waals surface area contributed by atoms with E-state index in [1.807, 2.05) is 36.4 Å². The van der Waals surface area contributed by atoms with Crippen molar-refractivity contribution in [3.63, 3.8) is 0 Å². The number of pyridine rings is 1. The lowest BCUT2D eigenvalue weighted by Crippen LogP contribution is -2.11. The lowest BCUT2D eigenvalue weighted by atomic mass is 9.95. The van der Waals surface area contributed by atoms with Crippen LogP contribution >= 0.6 is 22.6 Å². The lowest BCUT2D eigenvalue weighted by Gasteiger charge is -2.26. The molecule has 1 aromatic heterocycles. The van der Waals surface area contributed by atoms with E-state index >= 15 is 0 Å². The van der Waals surface area contributed by atoms with Crippen molar-refractivity contribution in [1.82, 2.24) is 4.98 Å². The number of para-hydroxylation sites is 2. The molecule has 3 aromatic carbocycles. The number of aromatic nitrogens is 1. The summed E-state index contributed by atoms with van der Waals surface area (Å²) in [4.78, 5) is 16.3. The van der Waals surface area contributed by atoms with E-state index in [1.165, 1.54) is 11.1 Å². The molecule has 5 rings (SSSR count). The maximum absolute atomic E-state index is 12.9. The molecule has 0 amide bonds. The van der Waals surface area contributed by atoms with E-state index in [2.05, 4.69) is 57.2 Å². The Labute approximate surface area is 151 Å². The highest BCUT2D eigenvalue weighted by molar-refractivity contribution is 14.1. The molecule has 3 nitrogen and oxygen atoms in total. The Morgan fingerprint density at radius 2 is 1.58 bits per heavy atom. The van der Waals surface area contributed by atoms with Crippen LogP contribution in [0.2, 0.25) is 0 Å². The molecule has 4 heteroatoms. The summed E-state index contributed by atoms with van der Waals surface area (Å²) in [6.07, 6.45) is 0.